The van der Waals surface area contributed by atoms with Crippen molar-refractivity contribution in [3.63, 3.8) is 0 Å². The molecule has 0 spiro atoms. The number of likely N-dealkylation sites (tertiary alicyclic amines) is 1. The standard InChI is InChI=1S/C15H18ClF3N2/c1-9-4-13(8-21(9)14-2-3-14)20-12-6-10(15(17,18)19)5-11(16)7-12/h5-7,9,13-14,20H,2-4,8H2,1H3. The molecule has 1 aromatic carbocycles. The van der Waals surface area contributed by atoms with E-state index >= 15 is 0 Å². The van der Waals surface area contributed by atoms with Gasteiger partial charge in [-0.25, -0.2) is 0 Å². The quantitative estimate of drug-likeness (QED) is 0.889. The number of rotatable bonds is 3. The molecule has 0 amide bonds. The van der Waals surface area contributed by atoms with Crippen LogP contribution < -0.4 is 5.32 Å². The van der Waals surface area contributed by atoms with Crippen LogP contribution in [-0.4, -0.2) is 29.6 Å². The first-order chi connectivity index (χ1) is 9.83. The Bertz CT molecular complexity index is 528. The van der Waals surface area contributed by atoms with Crippen LogP contribution in [0.3, 0.4) is 0 Å². The van der Waals surface area contributed by atoms with Gasteiger partial charge in [-0.15, -0.1) is 0 Å². The molecule has 0 aromatic heterocycles. The molecular weight excluding hydrogens is 301 g/mol. The van der Waals surface area contributed by atoms with Gasteiger partial charge in [0.1, 0.15) is 0 Å². The highest BCUT2D eigenvalue weighted by atomic mass is 35.5. The lowest BCUT2D eigenvalue weighted by Crippen LogP contribution is -2.31. The summed E-state index contributed by atoms with van der Waals surface area (Å²) in [4.78, 5) is 2.45. The van der Waals surface area contributed by atoms with Gasteiger partial charge in [-0.2, -0.15) is 13.2 Å². The van der Waals surface area contributed by atoms with Crippen molar-refractivity contribution in [3.05, 3.63) is 28.8 Å². The van der Waals surface area contributed by atoms with E-state index in [1.165, 1.54) is 12.8 Å². The van der Waals surface area contributed by atoms with Gasteiger partial charge in [0, 0.05) is 35.4 Å². The van der Waals surface area contributed by atoms with Crippen molar-refractivity contribution >= 4 is 17.3 Å². The van der Waals surface area contributed by atoms with Crippen molar-refractivity contribution in [2.24, 2.45) is 0 Å². The zero-order chi connectivity index (χ0) is 15.2. The van der Waals surface area contributed by atoms with Gasteiger partial charge in [-0.1, -0.05) is 11.6 Å². The predicted molar refractivity (Wildman–Crippen MR) is 77.7 cm³/mol. The molecule has 2 unspecified atom stereocenters. The first-order valence-corrected chi connectivity index (χ1v) is 7.61. The Kier molecular flexibility index (Phi) is 3.82. The van der Waals surface area contributed by atoms with E-state index in [0.29, 0.717) is 17.8 Å². The summed E-state index contributed by atoms with van der Waals surface area (Å²) >= 11 is 5.81. The van der Waals surface area contributed by atoms with Crippen LogP contribution in [0.25, 0.3) is 0 Å². The number of hydrogen-bond donors (Lipinski definition) is 1. The molecule has 6 heteroatoms. The fourth-order valence-corrected chi connectivity index (χ4v) is 3.38. The minimum Gasteiger partial charge on any atom is -0.381 e. The summed E-state index contributed by atoms with van der Waals surface area (Å²) in [7, 11) is 0. The molecule has 1 aliphatic carbocycles. The molecule has 1 saturated heterocycles. The largest absolute Gasteiger partial charge is 0.416 e. The Labute approximate surface area is 127 Å². The second-order valence-electron chi connectivity index (χ2n) is 6.08. The highest BCUT2D eigenvalue weighted by Gasteiger charge is 2.39. The third-order valence-corrected chi connectivity index (χ3v) is 4.45. The highest BCUT2D eigenvalue weighted by Crippen LogP contribution is 2.36. The number of nitrogens with zero attached hydrogens (tertiary/aromatic N) is 1. The van der Waals surface area contributed by atoms with Crippen LogP contribution in [0.5, 0.6) is 0 Å². The Morgan fingerprint density at radius 3 is 2.57 bits per heavy atom. The topological polar surface area (TPSA) is 15.3 Å². The molecular formula is C15H18ClF3N2. The van der Waals surface area contributed by atoms with Gasteiger partial charge in [0.05, 0.1) is 5.56 Å². The predicted octanol–water partition coefficient (Wildman–Crippen LogP) is 4.40. The van der Waals surface area contributed by atoms with E-state index in [1.807, 2.05) is 0 Å². The lowest BCUT2D eigenvalue weighted by atomic mass is 10.1. The average molecular weight is 319 g/mol. The van der Waals surface area contributed by atoms with E-state index in [-0.39, 0.29) is 11.1 Å². The maximum atomic E-state index is 12.8. The summed E-state index contributed by atoms with van der Waals surface area (Å²) in [5.74, 6) is 0. The Morgan fingerprint density at radius 1 is 1.24 bits per heavy atom. The van der Waals surface area contributed by atoms with Gasteiger partial charge in [0.25, 0.3) is 0 Å². The molecule has 2 aliphatic rings. The van der Waals surface area contributed by atoms with Crippen molar-refractivity contribution in [3.8, 4) is 0 Å². The molecule has 1 heterocycles. The van der Waals surface area contributed by atoms with Gasteiger partial charge in [-0.05, 0) is 44.4 Å². The molecule has 2 nitrogen and oxygen atoms in total. The molecule has 1 saturated carbocycles. The first kappa shape index (κ1) is 15.0. The maximum absolute atomic E-state index is 12.8. The number of benzene rings is 1. The number of nitrogens with one attached hydrogen (secondary N) is 1. The second kappa shape index (κ2) is 5.36. The number of alkyl halides is 3. The van der Waals surface area contributed by atoms with Crippen molar-refractivity contribution < 1.29 is 13.2 Å². The zero-order valence-electron chi connectivity index (χ0n) is 11.8. The molecule has 3 rings (SSSR count). The molecule has 2 atom stereocenters. The summed E-state index contributed by atoms with van der Waals surface area (Å²) in [5.41, 5.74) is -0.257. The molecule has 1 aromatic rings. The van der Waals surface area contributed by atoms with Gasteiger partial charge in [0.2, 0.25) is 0 Å². The van der Waals surface area contributed by atoms with Crippen LogP contribution in [0.4, 0.5) is 18.9 Å². The van der Waals surface area contributed by atoms with E-state index in [0.717, 1.165) is 25.1 Å². The number of anilines is 1. The van der Waals surface area contributed by atoms with Crippen LogP contribution >= 0.6 is 11.6 Å². The first-order valence-electron chi connectivity index (χ1n) is 7.23. The van der Waals surface area contributed by atoms with Crippen molar-refractivity contribution in [1.29, 1.82) is 0 Å². The molecule has 2 fully saturated rings. The second-order valence-corrected chi connectivity index (χ2v) is 6.52. The van der Waals surface area contributed by atoms with Crippen molar-refractivity contribution in [2.45, 2.75) is 50.5 Å². The maximum Gasteiger partial charge on any atom is 0.416 e. The number of halogens is 4. The molecule has 116 valence electrons. The van der Waals surface area contributed by atoms with Gasteiger partial charge in [-0.3, -0.25) is 4.90 Å². The molecule has 1 aliphatic heterocycles. The fourth-order valence-electron chi connectivity index (χ4n) is 3.15. The highest BCUT2D eigenvalue weighted by molar-refractivity contribution is 6.30. The van der Waals surface area contributed by atoms with Crippen molar-refractivity contribution in [1.82, 2.24) is 4.90 Å². The third-order valence-electron chi connectivity index (χ3n) is 4.23. The molecule has 0 radical (unpaired) electrons. The minimum absolute atomic E-state index is 0.109. The third kappa shape index (κ3) is 3.46. The van der Waals surface area contributed by atoms with E-state index in [9.17, 15) is 13.2 Å². The molecule has 0 bridgehead atoms. The summed E-state index contributed by atoms with van der Waals surface area (Å²) in [5, 5.41) is 3.32. The van der Waals surface area contributed by atoms with Crippen LogP contribution in [-0.2, 0) is 6.18 Å². The van der Waals surface area contributed by atoms with Crippen LogP contribution in [0.2, 0.25) is 5.02 Å². The summed E-state index contributed by atoms with van der Waals surface area (Å²) in [6, 6.07) is 4.99. The zero-order valence-corrected chi connectivity index (χ0v) is 12.5. The fraction of sp³-hybridized carbons (Fsp3) is 0.600. The Hall–Kier alpha value is -0.940. The minimum atomic E-state index is -4.37. The SMILES string of the molecule is CC1CC(Nc2cc(Cl)cc(C(F)(F)F)c2)CN1C1CC1. The van der Waals surface area contributed by atoms with Gasteiger partial charge >= 0.3 is 6.18 Å². The Balaban J connectivity index is 1.72. The smallest absolute Gasteiger partial charge is 0.381 e. The van der Waals surface area contributed by atoms with E-state index in [1.54, 1.807) is 6.07 Å². The van der Waals surface area contributed by atoms with Gasteiger partial charge < -0.3 is 5.32 Å². The summed E-state index contributed by atoms with van der Waals surface area (Å²) in [6.45, 7) is 3.07. The lowest BCUT2D eigenvalue weighted by molar-refractivity contribution is -0.137. The van der Waals surface area contributed by atoms with Crippen molar-refractivity contribution in [2.75, 3.05) is 11.9 Å². The average Bonchev–Trinajstić information content (AvgIpc) is 3.13. The summed E-state index contributed by atoms with van der Waals surface area (Å²) in [6.07, 6.45) is -0.937. The van der Waals surface area contributed by atoms with Crippen LogP contribution in [0, 0.1) is 0 Å². The van der Waals surface area contributed by atoms with E-state index in [4.69, 9.17) is 11.6 Å². The van der Waals surface area contributed by atoms with E-state index in [2.05, 4.69) is 17.1 Å². The lowest BCUT2D eigenvalue weighted by Gasteiger charge is -2.20. The summed E-state index contributed by atoms with van der Waals surface area (Å²) < 4.78 is 38.4. The van der Waals surface area contributed by atoms with Crippen LogP contribution in [0.1, 0.15) is 31.7 Å². The van der Waals surface area contributed by atoms with Gasteiger partial charge in [0.15, 0.2) is 0 Å². The number of hydrogen-bond acceptors (Lipinski definition) is 2. The molecule has 21 heavy (non-hydrogen) atoms. The monoisotopic (exact) mass is 318 g/mol. The normalized spacial score (nSPS) is 27.1. The Morgan fingerprint density at radius 2 is 1.95 bits per heavy atom. The van der Waals surface area contributed by atoms with Crippen LogP contribution in [0.15, 0.2) is 18.2 Å². The van der Waals surface area contributed by atoms with E-state index < -0.39 is 11.7 Å². The molecule has 1 N–H and O–H groups in total.